The maximum atomic E-state index is 10.5. The molecular formula is C41H47BN2. The molecule has 2 aromatic rings. The average molecular weight is 579 g/mol. The summed E-state index contributed by atoms with van der Waals surface area (Å²) in [6, 6.07) is 13.3. The molecular weight excluding hydrogens is 531 g/mol. The van der Waals surface area contributed by atoms with Crippen molar-refractivity contribution in [3.05, 3.63) is 123 Å². The van der Waals surface area contributed by atoms with E-state index in [0.717, 1.165) is 52.7 Å². The van der Waals surface area contributed by atoms with Crippen LogP contribution in [0.15, 0.2) is 83.6 Å². The van der Waals surface area contributed by atoms with Gasteiger partial charge >= 0.3 is 0 Å². The number of benzene rings is 2. The van der Waals surface area contributed by atoms with Crippen LogP contribution in [0.5, 0.6) is 0 Å². The van der Waals surface area contributed by atoms with Crippen LogP contribution in [0.25, 0.3) is 5.57 Å². The van der Waals surface area contributed by atoms with Crippen molar-refractivity contribution in [3.63, 3.8) is 0 Å². The van der Waals surface area contributed by atoms with E-state index in [1.165, 1.54) is 39.0 Å². The molecule has 0 unspecified atom stereocenters. The van der Waals surface area contributed by atoms with Gasteiger partial charge < -0.3 is 5.73 Å². The van der Waals surface area contributed by atoms with Crippen molar-refractivity contribution in [1.29, 1.82) is 5.26 Å². The molecule has 2 nitrogen and oxygen atoms in total. The Labute approximate surface area is 266 Å². The van der Waals surface area contributed by atoms with Crippen LogP contribution in [0, 0.1) is 53.3 Å². The molecule has 3 aliphatic rings. The van der Waals surface area contributed by atoms with Crippen molar-refractivity contribution in [2.45, 2.75) is 87.2 Å². The monoisotopic (exact) mass is 578 g/mol. The van der Waals surface area contributed by atoms with Gasteiger partial charge in [-0.15, -0.1) is 0 Å². The zero-order chi connectivity index (χ0) is 32.5. The highest BCUT2D eigenvalue weighted by Crippen LogP contribution is 2.73. The third-order valence-corrected chi connectivity index (χ3v) is 11.6. The van der Waals surface area contributed by atoms with Gasteiger partial charge in [0.25, 0.3) is 0 Å². The molecule has 0 saturated carbocycles. The fourth-order valence-electron chi connectivity index (χ4n) is 9.63. The Morgan fingerprint density at radius 3 is 2.25 bits per heavy atom. The van der Waals surface area contributed by atoms with Crippen LogP contribution in [0.3, 0.4) is 0 Å². The molecule has 3 aliphatic carbocycles. The van der Waals surface area contributed by atoms with Gasteiger partial charge in [-0.1, -0.05) is 96.2 Å². The van der Waals surface area contributed by atoms with Gasteiger partial charge in [0.2, 0.25) is 0 Å². The maximum absolute atomic E-state index is 10.5. The summed E-state index contributed by atoms with van der Waals surface area (Å²) in [6.07, 6.45) is 2.80. The van der Waals surface area contributed by atoms with E-state index in [1.807, 2.05) is 0 Å². The molecule has 0 aromatic heterocycles. The highest BCUT2D eigenvalue weighted by molar-refractivity contribution is 6.59. The second-order valence-corrected chi connectivity index (χ2v) is 14.6. The first kappa shape index (κ1) is 31.5. The number of rotatable bonds is 3. The minimum absolute atomic E-state index is 0.0214. The van der Waals surface area contributed by atoms with Crippen LogP contribution < -0.4 is 5.73 Å². The minimum Gasteiger partial charge on any atom is -0.399 e. The van der Waals surface area contributed by atoms with Crippen molar-refractivity contribution in [2.75, 3.05) is 0 Å². The Bertz CT molecular complexity index is 1810. The maximum Gasteiger partial charge on any atom is 0.143 e. The molecule has 2 aromatic carbocycles. The third-order valence-electron chi connectivity index (χ3n) is 11.6. The zero-order valence-corrected chi connectivity index (χ0v) is 28.3. The number of nitriles is 1. The van der Waals surface area contributed by atoms with Gasteiger partial charge in [-0.05, 0) is 114 Å². The predicted octanol–water partition coefficient (Wildman–Crippen LogP) is 9.56. The standard InChI is InChI=1S/C41H47BN2/c1-13-31-20-32(19-18-30-16-14-24(2)15-17-30)25(3)35-26(4)37-28(6)41(10)27(5)36(29(7)44)34(22-43)38(42(11)12)40(41,9)23-39(37,8)21-33(31)35/h14-17,20,38H,4-5,7,13,21,23,44H2,1-3,6,8-12H3/t38-,39+,40+,41+/m1/s1. The van der Waals surface area contributed by atoms with Crippen molar-refractivity contribution in [1.82, 2.24) is 0 Å². The van der Waals surface area contributed by atoms with E-state index >= 15 is 0 Å². The molecule has 3 heteroatoms. The van der Waals surface area contributed by atoms with Gasteiger partial charge in [0.15, 0.2) is 0 Å². The van der Waals surface area contributed by atoms with Gasteiger partial charge in [0.1, 0.15) is 6.71 Å². The molecule has 2 N–H and O–H groups in total. The number of hydrogen-bond donors (Lipinski definition) is 1. The molecule has 224 valence electrons. The smallest absolute Gasteiger partial charge is 0.143 e. The lowest BCUT2D eigenvalue weighted by Crippen LogP contribution is -2.56. The van der Waals surface area contributed by atoms with Gasteiger partial charge in [-0.25, -0.2) is 0 Å². The first-order chi connectivity index (χ1) is 20.6. The van der Waals surface area contributed by atoms with Crippen LogP contribution in [0.4, 0.5) is 0 Å². The molecule has 0 aliphatic heterocycles. The molecule has 0 bridgehead atoms. The second kappa shape index (κ2) is 10.6. The third kappa shape index (κ3) is 4.24. The summed E-state index contributed by atoms with van der Waals surface area (Å²) in [6.45, 7) is 34.4. The topological polar surface area (TPSA) is 49.8 Å². The second-order valence-electron chi connectivity index (χ2n) is 14.6. The van der Waals surface area contributed by atoms with E-state index in [2.05, 4.69) is 124 Å². The van der Waals surface area contributed by atoms with Gasteiger partial charge in [-0.2, -0.15) is 5.26 Å². The first-order valence-electron chi connectivity index (χ1n) is 16.0. The van der Waals surface area contributed by atoms with Crippen LogP contribution in [0.2, 0.25) is 19.5 Å². The van der Waals surface area contributed by atoms with E-state index in [4.69, 9.17) is 12.3 Å². The molecule has 0 radical (unpaired) electrons. The van der Waals surface area contributed by atoms with E-state index in [0.29, 0.717) is 5.70 Å². The number of nitrogens with zero attached hydrogens (tertiary/aromatic N) is 1. The fraction of sp³-hybridized carbons (Fsp3) is 0.390. The van der Waals surface area contributed by atoms with Crippen LogP contribution in [-0.2, 0) is 12.8 Å². The lowest BCUT2D eigenvalue weighted by Gasteiger charge is -2.65. The summed E-state index contributed by atoms with van der Waals surface area (Å²) >= 11 is 0. The molecule has 5 rings (SSSR count). The first-order valence-corrected chi connectivity index (χ1v) is 16.0. The summed E-state index contributed by atoms with van der Waals surface area (Å²) in [5, 5.41) is 10.5. The lowest BCUT2D eigenvalue weighted by molar-refractivity contribution is 0.0548. The predicted molar refractivity (Wildman–Crippen MR) is 188 cm³/mol. The summed E-state index contributed by atoms with van der Waals surface area (Å²) in [5.41, 5.74) is 20.8. The average Bonchev–Trinajstić information content (AvgIpc) is 2.94. The summed E-state index contributed by atoms with van der Waals surface area (Å²) in [5.74, 6) is 6.95. The molecule has 44 heavy (non-hydrogen) atoms. The van der Waals surface area contributed by atoms with Crippen molar-refractivity contribution >= 4 is 12.3 Å². The number of aryl methyl sites for hydroxylation is 2. The highest BCUT2D eigenvalue weighted by atomic mass is 14.7. The summed E-state index contributed by atoms with van der Waals surface area (Å²) in [7, 11) is 0. The van der Waals surface area contributed by atoms with Crippen LogP contribution in [0.1, 0.15) is 80.0 Å². The van der Waals surface area contributed by atoms with Crippen LogP contribution >= 0.6 is 0 Å². The van der Waals surface area contributed by atoms with Gasteiger partial charge in [-0.3, -0.25) is 0 Å². The Hall–Kier alpha value is -3.95. The number of allylic oxidation sites excluding steroid dienone is 5. The largest absolute Gasteiger partial charge is 0.399 e. The van der Waals surface area contributed by atoms with Crippen molar-refractivity contribution in [3.8, 4) is 17.9 Å². The molecule has 0 saturated heterocycles. The Morgan fingerprint density at radius 1 is 1.07 bits per heavy atom. The fourth-order valence-corrected chi connectivity index (χ4v) is 9.63. The summed E-state index contributed by atoms with van der Waals surface area (Å²) < 4.78 is 0. The van der Waals surface area contributed by atoms with E-state index in [1.54, 1.807) is 0 Å². The summed E-state index contributed by atoms with van der Waals surface area (Å²) in [4.78, 5) is 0. The number of nitrogens with two attached hydrogens (primary N) is 1. The SMILES string of the molecule is C=C(N)C1=C(C#N)[C@@H](B(C)C)[C@]2(C)C[C@]3(C)Cc4c(CC)cc(C#Cc5ccc(C)cc5)c(C)c4C(=C)C3=C(C)[C@]2(C)C1=C. The number of fused-ring (bicyclic) bond motifs is 3. The number of hydrogen-bond acceptors (Lipinski definition) is 2. The molecule has 0 amide bonds. The molecule has 0 heterocycles. The highest BCUT2D eigenvalue weighted by Gasteiger charge is 2.64. The Kier molecular flexibility index (Phi) is 7.58. The van der Waals surface area contributed by atoms with Gasteiger partial charge in [0.05, 0.1) is 6.07 Å². The Morgan fingerprint density at radius 2 is 1.70 bits per heavy atom. The Balaban J connectivity index is 1.77. The lowest BCUT2D eigenvalue weighted by atomic mass is 9.28. The van der Waals surface area contributed by atoms with E-state index in [-0.39, 0.29) is 23.4 Å². The minimum atomic E-state index is -0.417. The van der Waals surface area contributed by atoms with Gasteiger partial charge in [0, 0.05) is 33.4 Å². The van der Waals surface area contributed by atoms with E-state index < -0.39 is 5.41 Å². The molecule has 4 atom stereocenters. The zero-order valence-electron chi connectivity index (χ0n) is 28.3. The van der Waals surface area contributed by atoms with E-state index in [9.17, 15) is 5.26 Å². The quantitative estimate of drug-likeness (QED) is 0.291. The van der Waals surface area contributed by atoms with Crippen molar-refractivity contribution in [2.24, 2.45) is 22.0 Å². The molecule has 0 spiro atoms. The molecule has 0 fully saturated rings. The van der Waals surface area contributed by atoms with Crippen LogP contribution in [-0.4, -0.2) is 6.71 Å². The van der Waals surface area contributed by atoms with Crippen molar-refractivity contribution < 1.29 is 0 Å². The normalized spacial score (nSPS) is 27.5.